The summed E-state index contributed by atoms with van der Waals surface area (Å²) in [6.07, 6.45) is 9.67. The molecule has 2 aliphatic heterocycles. The molecular formula is C25H32FN5O. The molecule has 1 unspecified atom stereocenters. The van der Waals surface area contributed by atoms with Crippen molar-refractivity contribution in [3.63, 3.8) is 0 Å². The number of amidine groups is 2. The molecule has 32 heavy (non-hydrogen) atoms. The molecule has 2 atom stereocenters. The van der Waals surface area contributed by atoms with Gasteiger partial charge < -0.3 is 15.1 Å². The van der Waals surface area contributed by atoms with Crippen LogP contribution < -0.4 is 5.32 Å². The molecule has 0 radical (unpaired) electrons. The minimum absolute atomic E-state index is 0. The number of likely N-dealkylation sites (N-methyl/N-ethyl adjacent to an activating group) is 1. The third-order valence-corrected chi connectivity index (χ3v) is 6.52. The van der Waals surface area contributed by atoms with Crippen LogP contribution in [0.15, 0.2) is 47.6 Å². The van der Waals surface area contributed by atoms with Crippen LogP contribution in [0, 0.1) is 16.6 Å². The van der Waals surface area contributed by atoms with Crippen LogP contribution in [0.3, 0.4) is 0 Å². The molecule has 1 aromatic rings. The molecule has 3 aliphatic rings. The Balaban J connectivity index is 0.00000306. The maximum absolute atomic E-state index is 14.7. The monoisotopic (exact) mass is 437 g/mol. The molecule has 1 fully saturated rings. The van der Waals surface area contributed by atoms with Crippen molar-refractivity contribution in [2.24, 2.45) is 0 Å². The van der Waals surface area contributed by atoms with Crippen molar-refractivity contribution in [3.05, 3.63) is 70.1 Å². The van der Waals surface area contributed by atoms with Gasteiger partial charge in [0.25, 0.3) is 5.91 Å². The average Bonchev–Trinajstić information content (AvgIpc) is 2.97. The fraction of sp³-hybridized carbons (Fsp3) is 0.400. The van der Waals surface area contributed by atoms with E-state index in [2.05, 4.69) is 10.2 Å². The predicted molar refractivity (Wildman–Crippen MR) is 127 cm³/mol. The third-order valence-electron chi connectivity index (χ3n) is 6.52. The van der Waals surface area contributed by atoms with E-state index in [0.717, 1.165) is 36.1 Å². The third kappa shape index (κ3) is 4.30. The van der Waals surface area contributed by atoms with Crippen molar-refractivity contribution < 1.29 is 10.6 Å². The van der Waals surface area contributed by atoms with Crippen molar-refractivity contribution in [1.82, 2.24) is 15.1 Å². The molecule has 1 aromatic carbocycles. The second-order valence-electron chi connectivity index (χ2n) is 8.99. The Labute approximate surface area is 190 Å². The van der Waals surface area contributed by atoms with Crippen LogP contribution in [0.2, 0.25) is 0 Å². The number of carbonyl (C=O) groups is 1. The zero-order chi connectivity index (χ0) is 23.0. The van der Waals surface area contributed by atoms with E-state index in [4.69, 9.17) is 10.8 Å². The molecule has 0 spiro atoms. The molecule has 170 valence electrons. The standard InChI is InChI=1S/C25H30FN5O.H2/c1-15-11-18(24(28)31-16(2)7-8-23(31)27)5-4-6-22(15)29-25(32)20-12-19-14-30(3)10-9-17(19)13-21(20)26;/h4-6,11-13,16,22,27-28H,7-10,14H2,1-3H3,(H,29,32);1H/t16-,22?;/m1./s1. The molecule has 1 aliphatic carbocycles. The van der Waals surface area contributed by atoms with E-state index in [9.17, 15) is 9.18 Å². The summed E-state index contributed by atoms with van der Waals surface area (Å²) in [6, 6.07) is 2.89. The molecule has 0 bridgehead atoms. The summed E-state index contributed by atoms with van der Waals surface area (Å²) in [6.45, 7) is 5.50. The predicted octanol–water partition coefficient (Wildman–Crippen LogP) is 4.04. The summed E-state index contributed by atoms with van der Waals surface area (Å²) >= 11 is 0. The zero-order valence-corrected chi connectivity index (χ0v) is 18.8. The number of halogens is 1. The Morgan fingerprint density at radius 1 is 1.28 bits per heavy atom. The van der Waals surface area contributed by atoms with Gasteiger partial charge in [-0.05, 0) is 68.6 Å². The Bertz CT molecular complexity index is 1080. The van der Waals surface area contributed by atoms with Gasteiger partial charge >= 0.3 is 0 Å². The van der Waals surface area contributed by atoms with Gasteiger partial charge in [0.1, 0.15) is 17.5 Å². The molecule has 2 heterocycles. The van der Waals surface area contributed by atoms with Crippen molar-refractivity contribution >= 4 is 17.6 Å². The molecule has 1 saturated heterocycles. The smallest absolute Gasteiger partial charge is 0.254 e. The first kappa shape index (κ1) is 22.1. The van der Waals surface area contributed by atoms with Gasteiger partial charge in [0.2, 0.25) is 0 Å². The van der Waals surface area contributed by atoms with Crippen LogP contribution in [0.25, 0.3) is 0 Å². The van der Waals surface area contributed by atoms with Crippen LogP contribution in [-0.4, -0.2) is 53.1 Å². The van der Waals surface area contributed by atoms with E-state index in [1.54, 1.807) is 11.0 Å². The molecule has 0 aromatic heterocycles. The largest absolute Gasteiger partial charge is 0.342 e. The molecule has 4 rings (SSSR count). The second kappa shape index (κ2) is 8.82. The molecule has 6 nitrogen and oxygen atoms in total. The fourth-order valence-electron chi connectivity index (χ4n) is 4.58. The first-order valence-electron chi connectivity index (χ1n) is 11.1. The minimum Gasteiger partial charge on any atom is -0.342 e. The molecule has 7 heteroatoms. The number of hydrogen-bond donors (Lipinski definition) is 3. The first-order chi connectivity index (χ1) is 15.2. The van der Waals surface area contributed by atoms with Crippen LogP contribution >= 0.6 is 0 Å². The highest BCUT2D eigenvalue weighted by Crippen LogP contribution is 2.25. The minimum atomic E-state index is -0.493. The van der Waals surface area contributed by atoms with Gasteiger partial charge in [0, 0.05) is 32.6 Å². The summed E-state index contributed by atoms with van der Waals surface area (Å²) in [5, 5.41) is 19.7. The Morgan fingerprint density at radius 2 is 2.06 bits per heavy atom. The number of carbonyl (C=O) groups excluding carboxylic acids is 1. The Kier molecular flexibility index (Phi) is 6.11. The number of amides is 1. The summed E-state index contributed by atoms with van der Waals surface area (Å²) in [4.78, 5) is 16.9. The van der Waals surface area contributed by atoms with E-state index in [1.807, 2.05) is 45.2 Å². The van der Waals surface area contributed by atoms with Crippen LogP contribution in [0.5, 0.6) is 0 Å². The van der Waals surface area contributed by atoms with Gasteiger partial charge in [0.05, 0.1) is 11.6 Å². The summed E-state index contributed by atoms with van der Waals surface area (Å²) < 4.78 is 14.7. The number of benzene rings is 1. The second-order valence-corrected chi connectivity index (χ2v) is 8.99. The topological polar surface area (TPSA) is 83.3 Å². The highest BCUT2D eigenvalue weighted by Gasteiger charge is 2.29. The van der Waals surface area contributed by atoms with Crippen molar-refractivity contribution in [1.29, 1.82) is 10.8 Å². The van der Waals surface area contributed by atoms with Crippen molar-refractivity contribution in [3.8, 4) is 0 Å². The van der Waals surface area contributed by atoms with Crippen molar-refractivity contribution in [2.75, 3.05) is 13.6 Å². The number of allylic oxidation sites excluding steroid dienone is 2. The fourth-order valence-corrected chi connectivity index (χ4v) is 4.58. The van der Waals surface area contributed by atoms with Crippen LogP contribution in [-0.2, 0) is 13.0 Å². The van der Waals surface area contributed by atoms with Crippen LogP contribution in [0.4, 0.5) is 4.39 Å². The van der Waals surface area contributed by atoms with Gasteiger partial charge in [0.15, 0.2) is 0 Å². The first-order valence-corrected chi connectivity index (χ1v) is 11.1. The zero-order valence-electron chi connectivity index (χ0n) is 18.8. The highest BCUT2D eigenvalue weighted by molar-refractivity contribution is 6.09. The van der Waals surface area contributed by atoms with E-state index in [1.165, 1.54) is 6.07 Å². The Hall–Kier alpha value is -3.06. The molecule has 0 saturated carbocycles. The Morgan fingerprint density at radius 3 is 2.78 bits per heavy atom. The van der Waals surface area contributed by atoms with Crippen LogP contribution in [0.1, 0.15) is 49.6 Å². The number of rotatable bonds is 3. The normalized spacial score (nSPS) is 23.4. The van der Waals surface area contributed by atoms with Gasteiger partial charge in [-0.1, -0.05) is 18.2 Å². The summed E-state index contributed by atoms with van der Waals surface area (Å²) in [5.41, 5.74) is 3.56. The van der Waals surface area contributed by atoms with E-state index < -0.39 is 17.8 Å². The van der Waals surface area contributed by atoms with E-state index >= 15 is 0 Å². The lowest BCUT2D eigenvalue weighted by atomic mass is 9.96. The number of likely N-dealkylation sites (tertiary alicyclic amines) is 1. The van der Waals surface area contributed by atoms with Gasteiger partial charge in [-0.2, -0.15) is 0 Å². The number of nitrogens with zero attached hydrogens (tertiary/aromatic N) is 2. The van der Waals surface area contributed by atoms with Gasteiger partial charge in [-0.3, -0.25) is 15.6 Å². The lowest BCUT2D eigenvalue weighted by Crippen LogP contribution is -2.37. The van der Waals surface area contributed by atoms with E-state index in [0.29, 0.717) is 30.2 Å². The maximum Gasteiger partial charge on any atom is 0.254 e. The SMILES string of the molecule is CC1=CC(C(=N)N2C(=N)CC[C@H]2C)=CC=CC1NC(=O)c1cc2c(cc1F)CCN(C)C2.[HH]. The number of fused-ring (bicyclic) bond motifs is 1. The molecular weight excluding hydrogens is 405 g/mol. The summed E-state index contributed by atoms with van der Waals surface area (Å²) in [7, 11) is 2.02. The highest BCUT2D eigenvalue weighted by atomic mass is 19.1. The maximum atomic E-state index is 14.7. The number of nitrogens with one attached hydrogen (secondary N) is 3. The quantitative estimate of drug-likeness (QED) is 0.493. The average molecular weight is 438 g/mol. The number of hydrogen-bond acceptors (Lipinski definition) is 4. The molecule has 1 amide bonds. The van der Waals surface area contributed by atoms with Gasteiger partial charge in [-0.25, -0.2) is 4.39 Å². The van der Waals surface area contributed by atoms with Gasteiger partial charge in [-0.15, -0.1) is 0 Å². The lowest BCUT2D eigenvalue weighted by molar-refractivity contribution is 0.0944. The van der Waals surface area contributed by atoms with Crippen molar-refractivity contribution in [2.45, 2.75) is 51.7 Å². The van der Waals surface area contributed by atoms with E-state index in [-0.39, 0.29) is 13.0 Å². The lowest BCUT2D eigenvalue weighted by Gasteiger charge is -2.26. The molecule has 3 N–H and O–H groups in total. The summed E-state index contributed by atoms with van der Waals surface area (Å²) in [5.74, 6) is -0.191.